The molecule has 1 atom stereocenters. The van der Waals surface area contributed by atoms with Gasteiger partial charge in [0.25, 0.3) is 0 Å². The summed E-state index contributed by atoms with van der Waals surface area (Å²) in [5.74, 6) is 0.581. The molecule has 1 aliphatic heterocycles. The number of fused-ring (bicyclic) bond motifs is 1. The first kappa shape index (κ1) is 19.8. The average molecular weight is 396 g/mol. The number of rotatable bonds is 5. The van der Waals surface area contributed by atoms with Crippen molar-refractivity contribution in [2.45, 2.75) is 52.4 Å². The zero-order valence-corrected chi connectivity index (χ0v) is 17.8. The summed E-state index contributed by atoms with van der Waals surface area (Å²) in [4.78, 5) is 9.41. The van der Waals surface area contributed by atoms with Crippen molar-refractivity contribution in [3.05, 3.63) is 36.3 Å². The summed E-state index contributed by atoms with van der Waals surface area (Å²) >= 11 is 0. The second-order valence-electron chi connectivity index (χ2n) is 8.64. The standard InChI is InChI=1S/C22H29N5O2/c1-14(2)27-11-16(9-25-27)19-7-20-18(6-15(3)8-24-20)21(26-19)28-12-17-10-23-13-22(4,5)29-17/h6-9,11,14,17,23H,10,12-13H2,1-5H3/t17-/m0/s1. The molecule has 0 saturated carbocycles. The molecule has 29 heavy (non-hydrogen) atoms. The molecule has 0 bridgehead atoms. The monoisotopic (exact) mass is 395 g/mol. The lowest BCUT2D eigenvalue weighted by Crippen LogP contribution is -2.52. The van der Waals surface area contributed by atoms with E-state index >= 15 is 0 Å². The first-order chi connectivity index (χ1) is 13.8. The molecule has 1 aliphatic rings. The number of ether oxygens (including phenoxy) is 2. The number of morpholine rings is 1. The van der Waals surface area contributed by atoms with Crippen molar-refractivity contribution < 1.29 is 9.47 Å². The molecule has 154 valence electrons. The van der Waals surface area contributed by atoms with Crippen LogP contribution in [-0.2, 0) is 4.74 Å². The van der Waals surface area contributed by atoms with E-state index in [2.05, 4.69) is 49.2 Å². The Balaban J connectivity index is 1.66. The van der Waals surface area contributed by atoms with Crippen LogP contribution in [0.3, 0.4) is 0 Å². The molecule has 0 spiro atoms. The van der Waals surface area contributed by atoms with Crippen LogP contribution < -0.4 is 10.1 Å². The van der Waals surface area contributed by atoms with E-state index in [1.54, 1.807) is 0 Å². The molecular formula is C22H29N5O2. The number of aromatic nitrogens is 4. The molecule has 7 nitrogen and oxygen atoms in total. The fourth-order valence-corrected chi connectivity index (χ4v) is 3.54. The Labute approximate surface area is 171 Å². The lowest BCUT2D eigenvalue weighted by Gasteiger charge is -2.36. The van der Waals surface area contributed by atoms with Gasteiger partial charge in [0.15, 0.2) is 0 Å². The summed E-state index contributed by atoms with van der Waals surface area (Å²) in [5, 5.41) is 8.76. The maximum absolute atomic E-state index is 6.18. The van der Waals surface area contributed by atoms with Crippen molar-refractivity contribution in [1.29, 1.82) is 0 Å². The third-order valence-corrected chi connectivity index (χ3v) is 5.02. The molecule has 7 heteroatoms. The van der Waals surface area contributed by atoms with Crippen LogP contribution in [0, 0.1) is 6.92 Å². The minimum Gasteiger partial charge on any atom is -0.474 e. The first-order valence-electron chi connectivity index (χ1n) is 10.1. The van der Waals surface area contributed by atoms with E-state index in [0.717, 1.165) is 40.8 Å². The molecule has 0 aromatic carbocycles. The normalized spacial score (nSPS) is 19.0. The zero-order valence-electron chi connectivity index (χ0n) is 17.8. The zero-order chi connectivity index (χ0) is 20.6. The van der Waals surface area contributed by atoms with E-state index < -0.39 is 0 Å². The molecule has 3 aromatic heterocycles. The molecule has 1 fully saturated rings. The Hall–Kier alpha value is -2.51. The highest BCUT2D eigenvalue weighted by Gasteiger charge is 2.29. The van der Waals surface area contributed by atoms with Gasteiger partial charge in [-0.2, -0.15) is 5.10 Å². The molecule has 0 unspecified atom stereocenters. The van der Waals surface area contributed by atoms with Crippen LogP contribution in [0.5, 0.6) is 5.88 Å². The lowest BCUT2D eigenvalue weighted by molar-refractivity contribution is -0.107. The van der Waals surface area contributed by atoms with E-state index in [0.29, 0.717) is 18.5 Å². The van der Waals surface area contributed by atoms with Crippen molar-refractivity contribution in [1.82, 2.24) is 25.1 Å². The topological polar surface area (TPSA) is 74.1 Å². The molecule has 3 aromatic rings. The summed E-state index contributed by atoms with van der Waals surface area (Å²) in [6.07, 6.45) is 5.68. The van der Waals surface area contributed by atoms with E-state index in [1.807, 2.05) is 36.3 Å². The minimum absolute atomic E-state index is 0.0271. The molecule has 0 aliphatic carbocycles. The maximum Gasteiger partial charge on any atom is 0.223 e. The fraction of sp³-hybridized carbons (Fsp3) is 0.500. The van der Waals surface area contributed by atoms with Crippen LogP contribution in [0.25, 0.3) is 22.2 Å². The van der Waals surface area contributed by atoms with Gasteiger partial charge in [0.05, 0.1) is 28.4 Å². The summed E-state index contributed by atoms with van der Waals surface area (Å²) in [7, 11) is 0. The Kier molecular flexibility index (Phi) is 5.27. The maximum atomic E-state index is 6.18. The molecule has 1 saturated heterocycles. The van der Waals surface area contributed by atoms with Crippen molar-refractivity contribution in [3.8, 4) is 17.1 Å². The number of hydrogen-bond acceptors (Lipinski definition) is 6. The van der Waals surface area contributed by atoms with Crippen LogP contribution in [0.15, 0.2) is 30.7 Å². The van der Waals surface area contributed by atoms with Crippen LogP contribution in [-0.4, -0.2) is 51.1 Å². The number of aryl methyl sites for hydroxylation is 1. The van der Waals surface area contributed by atoms with Gasteiger partial charge in [0.1, 0.15) is 12.7 Å². The van der Waals surface area contributed by atoms with E-state index in [9.17, 15) is 0 Å². The van der Waals surface area contributed by atoms with Crippen LogP contribution in [0.1, 0.15) is 39.3 Å². The molecule has 0 amide bonds. The van der Waals surface area contributed by atoms with Gasteiger partial charge < -0.3 is 14.8 Å². The number of nitrogens with zero attached hydrogens (tertiary/aromatic N) is 4. The van der Waals surface area contributed by atoms with Gasteiger partial charge in [0.2, 0.25) is 5.88 Å². The summed E-state index contributed by atoms with van der Waals surface area (Å²) < 4.78 is 14.2. The highest BCUT2D eigenvalue weighted by atomic mass is 16.6. The van der Waals surface area contributed by atoms with Crippen molar-refractivity contribution in [2.75, 3.05) is 19.7 Å². The number of pyridine rings is 2. The average Bonchev–Trinajstić information content (AvgIpc) is 3.16. The minimum atomic E-state index is -0.201. The third kappa shape index (κ3) is 4.41. The Morgan fingerprint density at radius 3 is 2.86 bits per heavy atom. The lowest BCUT2D eigenvalue weighted by atomic mass is 10.1. The van der Waals surface area contributed by atoms with Crippen molar-refractivity contribution in [3.63, 3.8) is 0 Å². The van der Waals surface area contributed by atoms with Gasteiger partial charge in [-0.3, -0.25) is 9.67 Å². The predicted octanol–water partition coefficient (Wildman–Crippen LogP) is 3.53. The molecular weight excluding hydrogens is 366 g/mol. The van der Waals surface area contributed by atoms with Gasteiger partial charge >= 0.3 is 0 Å². The predicted molar refractivity (Wildman–Crippen MR) is 113 cm³/mol. The Morgan fingerprint density at radius 2 is 2.14 bits per heavy atom. The van der Waals surface area contributed by atoms with Gasteiger partial charge in [-0.25, -0.2) is 4.98 Å². The SMILES string of the molecule is Cc1cnc2cc(-c3cnn(C(C)C)c3)nc(OC[C@@H]3CNCC(C)(C)O3)c2c1. The van der Waals surface area contributed by atoms with Gasteiger partial charge in [-0.15, -0.1) is 0 Å². The molecule has 4 rings (SSSR count). The molecule has 4 heterocycles. The van der Waals surface area contributed by atoms with Gasteiger partial charge in [0, 0.05) is 37.1 Å². The number of nitrogens with one attached hydrogen (secondary N) is 1. The first-order valence-corrected chi connectivity index (χ1v) is 10.1. The van der Waals surface area contributed by atoms with E-state index in [4.69, 9.17) is 14.5 Å². The van der Waals surface area contributed by atoms with E-state index in [1.165, 1.54) is 0 Å². The Bertz CT molecular complexity index is 1010. The van der Waals surface area contributed by atoms with Crippen molar-refractivity contribution in [2.24, 2.45) is 0 Å². The largest absolute Gasteiger partial charge is 0.474 e. The highest BCUT2D eigenvalue weighted by molar-refractivity contribution is 5.87. The third-order valence-electron chi connectivity index (χ3n) is 5.02. The highest BCUT2D eigenvalue weighted by Crippen LogP contribution is 2.29. The fourth-order valence-electron chi connectivity index (χ4n) is 3.54. The summed E-state index contributed by atoms with van der Waals surface area (Å²) in [6, 6.07) is 4.35. The van der Waals surface area contributed by atoms with Gasteiger partial charge in [-0.1, -0.05) is 0 Å². The Morgan fingerprint density at radius 1 is 1.31 bits per heavy atom. The quantitative estimate of drug-likeness (QED) is 0.712. The van der Waals surface area contributed by atoms with Crippen molar-refractivity contribution >= 4 is 10.9 Å². The summed E-state index contributed by atoms with van der Waals surface area (Å²) in [6.45, 7) is 12.4. The molecule has 1 N–H and O–H groups in total. The van der Waals surface area contributed by atoms with Crippen LogP contribution >= 0.6 is 0 Å². The van der Waals surface area contributed by atoms with Crippen LogP contribution in [0.2, 0.25) is 0 Å². The smallest absolute Gasteiger partial charge is 0.223 e. The number of hydrogen-bond donors (Lipinski definition) is 1. The second-order valence-corrected chi connectivity index (χ2v) is 8.64. The second kappa shape index (κ2) is 7.72. The summed E-state index contributed by atoms with van der Waals surface area (Å²) in [5.41, 5.74) is 3.48. The van der Waals surface area contributed by atoms with Gasteiger partial charge in [-0.05, 0) is 52.3 Å². The van der Waals surface area contributed by atoms with E-state index in [-0.39, 0.29) is 11.7 Å². The van der Waals surface area contributed by atoms with Crippen LogP contribution in [0.4, 0.5) is 0 Å². The molecule has 0 radical (unpaired) electrons.